The van der Waals surface area contributed by atoms with Crippen LogP contribution in [0.3, 0.4) is 0 Å². The van der Waals surface area contributed by atoms with Gasteiger partial charge in [-0.1, -0.05) is 6.07 Å². The summed E-state index contributed by atoms with van der Waals surface area (Å²) in [7, 11) is -3.82. The van der Waals surface area contributed by atoms with Crippen molar-refractivity contribution in [3.05, 3.63) is 56.7 Å². The summed E-state index contributed by atoms with van der Waals surface area (Å²) in [6.07, 6.45) is 0. The minimum atomic E-state index is -3.82. The summed E-state index contributed by atoms with van der Waals surface area (Å²) in [5, 5.41) is 0. The Labute approximate surface area is 138 Å². The Morgan fingerprint density at radius 3 is 2.38 bits per heavy atom. The fourth-order valence-corrected chi connectivity index (χ4v) is 4.08. The maximum atomic E-state index is 13.4. The van der Waals surface area contributed by atoms with Crippen LogP contribution in [0.25, 0.3) is 0 Å². The first kappa shape index (κ1) is 16.4. The van der Waals surface area contributed by atoms with E-state index >= 15 is 0 Å². The first-order valence-corrected chi connectivity index (χ1v) is 8.87. The van der Waals surface area contributed by atoms with E-state index in [2.05, 4.69) is 36.6 Å². The van der Waals surface area contributed by atoms with Gasteiger partial charge >= 0.3 is 0 Å². The number of hydrogen-bond donors (Lipinski definition) is 2. The standard InChI is InChI=1S/C13H11Br2FN2O2S/c14-10-3-2-9(6-12(10)16)18-21(19,20)13-4-1-8(7-17)5-11(13)15/h1-6,18H,7,17H2. The van der Waals surface area contributed by atoms with Gasteiger partial charge in [0.2, 0.25) is 0 Å². The molecule has 2 aromatic rings. The lowest BCUT2D eigenvalue weighted by Crippen LogP contribution is -2.14. The molecule has 0 fully saturated rings. The quantitative estimate of drug-likeness (QED) is 0.767. The second kappa shape index (κ2) is 6.43. The van der Waals surface area contributed by atoms with Gasteiger partial charge in [0.1, 0.15) is 10.7 Å². The van der Waals surface area contributed by atoms with E-state index in [1.165, 1.54) is 18.2 Å². The highest BCUT2D eigenvalue weighted by molar-refractivity contribution is 9.10. The van der Waals surface area contributed by atoms with Crippen LogP contribution < -0.4 is 10.5 Å². The Bertz CT molecular complexity index is 782. The van der Waals surface area contributed by atoms with Crippen LogP contribution in [0.2, 0.25) is 0 Å². The van der Waals surface area contributed by atoms with Crippen molar-refractivity contribution < 1.29 is 12.8 Å². The van der Waals surface area contributed by atoms with Crippen LogP contribution in [0.5, 0.6) is 0 Å². The van der Waals surface area contributed by atoms with E-state index in [4.69, 9.17) is 5.73 Å². The third-order valence-electron chi connectivity index (χ3n) is 2.69. The monoisotopic (exact) mass is 436 g/mol. The summed E-state index contributed by atoms with van der Waals surface area (Å²) < 4.78 is 41.0. The predicted molar refractivity (Wildman–Crippen MR) is 86.9 cm³/mol. The number of anilines is 1. The number of benzene rings is 2. The van der Waals surface area contributed by atoms with Crippen molar-refractivity contribution in [3.63, 3.8) is 0 Å². The van der Waals surface area contributed by atoms with Gasteiger partial charge in [-0.05, 0) is 67.8 Å². The van der Waals surface area contributed by atoms with Gasteiger partial charge in [-0.3, -0.25) is 4.72 Å². The highest BCUT2D eigenvalue weighted by Gasteiger charge is 2.18. The molecule has 0 unspecified atom stereocenters. The Kier molecular flexibility index (Phi) is 5.03. The first-order valence-electron chi connectivity index (χ1n) is 5.80. The molecule has 3 N–H and O–H groups in total. The third-order valence-corrected chi connectivity index (χ3v) is 5.69. The zero-order valence-corrected chi connectivity index (χ0v) is 14.6. The summed E-state index contributed by atoms with van der Waals surface area (Å²) in [4.78, 5) is 0.0584. The van der Waals surface area contributed by atoms with Crippen molar-refractivity contribution in [2.75, 3.05) is 4.72 Å². The minimum Gasteiger partial charge on any atom is -0.326 e. The fourth-order valence-electron chi connectivity index (χ4n) is 1.66. The van der Waals surface area contributed by atoms with E-state index in [-0.39, 0.29) is 15.1 Å². The molecule has 0 radical (unpaired) electrons. The van der Waals surface area contributed by atoms with Gasteiger partial charge in [-0.15, -0.1) is 0 Å². The van der Waals surface area contributed by atoms with Crippen LogP contribution in [-0.2, 0) is 16.6 Å². The molecule has 0 atom stereocenters. The summed E-state index contributed by atoms with van der Waals surface area (Å²) in [6.45, 7) is 0.310. The summed E-state index contributed by atoms with van der Waals surface area (Å²) in [5.41, 5.74) is 6.45. The molecule has 0 aliphatic heterocycles. The van der Waals surface area contributed by atoms with Crippen molar-refractivity contribution in [1.82, 2.24) is 0 Å². The molecule has 2 rings (SSSR count). The molecule has 0 aliphatic rings. The van der Waals surface area contributed by atoms with E-state index in [1.54, 1.807) is 12.1 Å². The second-order valence-electron chi connectivity index (χ2n) is 4.20. The van der Waals surface area contributed by atoms with Gasteiger partial charge in [0.05, 0.1) is 10.2 Å². The van der Waals surface area contributed by atoms with E-state index in [0.717, 1.165) is 11.6 Å². The summed E-state index contributed by atoms with van der Waals surface area (Å²) in [5.74, 6) is -0.548. The number of halogens is 3. The van der Waals surface area contributed by atoms with Gasteiger partial charge < -0.3 is 5.73 Å². The molecule has 0 saturated carbocycles. The lowest BCUT2D eigenvalue weighted by molar-refractivity contribution is 0.600. The Morgan fingerprint density at radius 2 is 1.81 bits per heavy atom. The average Bonchev–Trinajstić information content (AvgIpc) is 2.42. The van der Waals surface area contributed by atoms with Crippen LogP contribution in [0, 0.1) is 5.82 Å². The number of hydrogen-bond acceptors (Lipinski definition) is 3. The highest BCUT2D eigenvalue weighted by Crippen LogP contribution is 2.26. The topological polar surface area (TPSA) is 72.2 Å². The van der Waals surface area contributed by atoms with Crippen LogP contribution in [0.4, 0.5) is 10.1 Å². The van der Waals surface area contributed by atoms with Gasteiger partial charge in [-0.25, -0.2) is 12.8 Å². The van der Waals surface area contributed by atoms with Gasteiger partial charge in [0, 0.05) is 11.0 Å². The third kappa shape index (κ3) is 3.82. The second-order valence-corrected chi connectivity index (χ2v) is 7.56. The van der Waals surface area contributed by atoms with Crippen LogP contribution in [0.15, 0.2) is 50.2 Å². The normalized spacial score (nSPS) is 11.4. The Balaban J connectivity index is 2.36. The maximum Gasteiger partial charge on any atom is 0.263 e. The maximum absolute atomic E-state index is 13.4. The van der Waals surface area contributed by atoms with E-state index < -0.39 is 15.8 Å². The van der Waals surface area contributed by atoms with Crippen LogP contribution in [-0.4, -0.2) is 8.42 Å². The molecule has 8 heteroatoms. The van der Waals surface area contributed by atoms with E-state index in [0.29, 0.717) is 11.0 Å². The lowest BCUT2D eigenvalue weighted by atomic mass is 10.2. The molecule has 2 aromatic carbocycles. The van der Waals surface area contributed by atoms with Crippen molar-refractivity contribution in [2.45, 2.75) is 11.4 Å². The van der Waals surface area contributed by atoms with Crippen molar-refractivity contribution in [2.24, 2.45) is 5.73 Å². The van der Waals surface area contributed by atoms with E-state index in [9.17, 15) is 12.8 Å². The smallest absolute Gasteiger partial charge is 0.263 e. The molecule has 0 spiro atoms. The van der Waals surface area contributed by atoms with Crippen molar-refractivity contribution in [3.8, 4) is 0 Å². The van der Waals surface area contributed by atoms with Crippen molar-refractivity contribution >= 4 is 47.6 Å². The first-order chi connectivity index (χ1) is 9.83. The molecule has 0 saturated heterocycles. The van der Waals surface area contributed by atoms with Gasteiger partial charge in [-0.2, -0.15) is 0 Å². The predicted octanol–water partition coefficient (Wildman–Crippen LogP) is 3.61. The zero-order valence-electron chi connectivity index (χ0n) is 10.6. The number of rotatable bonds is 4. The van der Waals surface area contributed by atoms with Crippen molar-refractivity contribution in [1.29, 1.82) is 0 Å². The molecule has 21 heavy (non-hydrogen) atoms. The molecule has 112 valence electrons. The average molecular weight is 438 g/mol. The highest BCUT2D eigenvalue weighted by atomic mass is 79.9. The van der Waals surface area contributed by atoms with E-state index in [1.807, 2.05) is 0 Å². The molecule has 4 nitrogen and oxygen atoms in total. The van der Waals surface area contributed by atoms with Crippen LogP contribution >= 0.6 is 31.9 Å². The SMILES string of the molecule is NCc1ccc(S(=O)(=O)Nc2ccc(Br)c(F)c2)c(Br)c1. The Hall–Kier alpha value is -0.960. The molecule has 0 bridgehead atoms. The largest absolute Gasteiger partial charge is 0.326 e. The zero-order chi connectivity index (χ0) is 15.6. The number of nitrogens with two attached hydrogens (primary N) is 1. The summed E-state index contributed by atoms with van der Waals surface area (Å²) in [6, 6.07) is 8.71. The Morgan fingerprint density at radius 1 is 1.10 bits per heavy atom. The number of nitrogens with one attached hydrogen (secondary N) is 1. The van der Waals surface area contributed by atoms with Gasteiger partial charge in [0.25, 0.3) is 10.0 Å². The molecule has 0 heterocycles. The minimum absolute atomic E-state index is 0.0584. The number of sulfonamides is 1. The summed E-state index contributed by atoms with van der Waals surface area (Å²) >= 11 is 6.22. The lowest BCUT2D eigenvalue weighted by Gasteiger charge is -2.11. The molecular formula is C13H11Br2FN2O2S. The molecule has 0 aromatic heterocycles. The fraction of sp³-hybridized carbons (Fsp3) is 0.0769. The van der Waals surface area contributed by atoms with Gasteiger partial charge in [0.15, 0.2) is 0 Å². The molecule has 0 aliphatic carbocycles. The molecular weight excluding hydrogens is 427 g/mol. The molecule has 0 amide bonds. The van der Waals surface area contributed by atoms with Crippen LogP contribution in [0.1, 0.15) is 5.56 Å².